The lowest BCUT2D eigenvalue weighted by atomic mass is 10.0. The molecule has 0 saturated heterocycles. The number of benzene rings is 1. The number of halogens is 1. The molecule has 0 spiro atoms. The van der Waals surface area contributed by atoms with Gasteiger partial charge in [-0.25, -0.2) is 0 Å². The van der Waals surface area contributed by atoms with Crippen LogP contribution < -0.4 is 10.6 Å². The van der Waals surface area contributed by atoms with Crippen molar-refractivity contribution in [1.82, 2.24) is 20.8 Å². The van der Waals surface area contributed by atoms with Gasteiger partial charge in [0, 0.05) is 29.5 Å². The lowest BCUT2D eigenvalue weighted by Crippen LogP contribution is -2.47. The monoisotopic (exact) mass is 420 g/mol. The molecule has 0 aliphatic rings. The molecule has 2 amide bonds. The van der Waals surface area contributed by atoms with Gasteiger partial charge in [-0.1, -0.05) is 44.5 Å². The summed E-state index contributed by atoms with van der Waals surface area (Å²) in [5.41, 5.74) is 0.466. The zero-order chi connectivity index (χ0) is 21.4. The lowest BCUT2D eigenvalue weighted by Gasteiger charge is -2.20. The third kappa shape index (κ3) is 7.49. The molecule has 0 bridgehead atoms. The molecule has 0 aliphatic carbocycles. The highest BCUT2D eigenvalue weighted by Gasteiger charge is 2.22. The van der Waals surface area contributed by atoms with E-state index in [-0.39, 0.29) is 23.7 Å². The molecule has 1 heterocycles. The zero-order valence-electron chi connectivity index (χ0n) is 17.4. The van der Waals surface area contributed by atoms with E-state index in [1.54, 1.807) is 24.3 Å². The molecule has 0 fully saturated rings. The number of hydrogen-bond donors (Lipinski definition) is 2. The van der Waals surface area contributed by atoms with Crippen LogP contribution in [0.4, 0.5) is 0 Å². The highest BCUT2D eigenvalue weighted by molar-refractivity contribution is 6.30. The van der Waals surface area contributed by atoms with E-state index in [0.717, 1.165) is 0 Å². The Kier molecular flexibility index (Phi) is 8.64. The van der Waals surface area contributed by atoms with E-state index in [0.29, 0.717) is 48.1 Å². The quantitative estimate of drug-likeness (QED) is 0.570. The Labute approximate surface area is 176 Å². The van der Waals surface area contributed by atoms with Crippen LogP contribution in [-0.4, -0.2) is 34.5 Å². The normalized spacial score (nSPS) is 12.2. The second-order valence-electron chi connectivity index (χ2n) is 7.76. The number of amides is 2. The Morgan fingerprint density at radius 1 is 1.14 bits per heavy atom. The summed E-state index contributed by atoms with van der Waals surface area (Å²) in [7, 11) is 0. The Balaban J connectivity index is 1.85. The van der Waals surface area contributed by atoms with Crippen molar-refractivity contribution in [1.29, 1.82) is 0 Å². The molecule has 1 atom stereocenters. The lowest BCUT2D eigenvalue weighted by molar-refractivity contribution is -0.123. The summed E-state index contributed by atoms with van der Waals surface area (Å²) in [5, 5.41) is 10.2. The third-order valence-corrected chi connectivity index (χ3v) is 4.55. The van der Waals surface area contributed by atoms with Crippen molar-refractivity contribution in [3.63, 3.8) is 0 Å². The molecule has 0 radical (unpaired) electrons. The molecule has 1 aromatic heterocycles. The van der Waals surface area contributed by atoms with Crippen molar-refractivity contribution in [3.8, 4) is 0 Å². The topological polar surface area (TPSA) is 97.1 Å². The van der Waals surface area contributed by atoms with E-state index >= 15 is 0 Å². The average Bonchev–Trinajstić information content (AvgIpc) is 3.14. The standard InChI is InChI=1S/C21H29ClN4O3/c1-13(2)12-17(24-20(27)15-7-9-16(22)10-8-15)21(28)23-11-5-6-18-25-19(14(3)4)26-29-18/h7-10,13-14,17H,5-6,11-12H2,1-4H3,(H,23,28)(H,24,27). The first-order valence-electron chi connectivity index (χ1n) is 9.93. The van der Waals surface area contributed by atoms with Gasteiger partial charge >= 0.3 is 0 Å². The van der Waals surface area contributed by atoms with Crippen molar-refractivity contribution in [2.24, 2.45) is 5.92 Å². The van der Waals surface area contributed by atoms with Crippen molar-refractivity contribution in [2.45, 2.75) is 58.9 Å². The Morgan fingerprint density at radius 2 is 1.83 bits per heavy atom. The minimum atomic E-state index is -0.603. The second-order valence-corrected chi connectivity index (χ2v) is 8.19. The molecule has 29 heavy (non-hydrogen) atoms. The smallest absolute Gasteiger partial charge is 0.251 e. The number of hydrogen-bond acceptors (Lipinski definition) is 5. The number of aromatic nitrogens is 2. The van der Waals surface area contributed by atoms with Crippen LogP contribution in [0.25, 0.3) is 0 Å². The molecule has 2 rings (SSSR count). The van der Waals surface area contributed by atoms with Gasteiger partial charge in [0.1, 0.15) is 6.04 Å². The molecule has 1 unspecified atom stereocenters. The van der Waals surface area contributed by atoms with Gasteiger partial charge in [0.25, 0.3) is 5.91 Å². The summed E-state index contributed by atoms with van der Waals surface area (Å²) in [6.45, 7) is 8.49. The number of carbonyl (C=O) groups excluding carboxylic acids is 2. The SMILES string of the molecule is CC(C)CC(NC(=O)c1ccc(Cl)cc1)C(=O)NCCCc1nc(C(C)C)no1. The fourth-order valence-corrected chi connectivity index (χ4v) is 2.85. The predicted octanol–water partition coefficient (Wildman–Crippen LogP) is 3.74. The third-order valence-electron chi connectivity index (χ3n) is 4.30. The van der Waals surface area contributed by atoms with Crippen LogP contribution in [-0.2, 0) is 11.2 Å². The highest BCUT2D eigenvalue weighted by Crippen LogP contribution is 2.12. The number of aryl methyl sites for hydroxylation is 1. The van der Waals surface area contributed by atoms with Crippen molar-refractivity contribution < 1.29 is 14.1 Å². The maximum absolute atomic E-state index is 12.6. The molecule has 7 nitrogen and oxygen atoms in total. The summed E-state index contributed by atoms with van der Waals surface area (Å²) < 4.78 is 5.20. The summed E-state index contributed by atoms with van der Waals surface area (Å²) in [6, 6.07) is 5.97. The fraction of sp³-hybridized carbons (Fsp3) is 0.524. The second kappa shape index (κ2) is 11.0. The van der Waals surface area contributed by atoms with Crippen LogP contribution in [0, 0.1) is 5.92 Å². The van der Waals surface area contributed by atoms with Gasteiger partial charge in [-0.05, 0) is 43.0 Å². The van der Waals surface area contributed by atoms with Gasteiger partial charge in [0.05, 0.1) is 0 Å². The van der Waals surface area contributed by atoms with E-state index in [1.165, 1.54) is 0 Å². The summed E-state index contributed by atoms with van der Waals surface area (Å²) in [5.74, 6) is 1.23. The van der Waals surface area contributed by atoms with Gasteiger partial charge in [0.2, 0.25) is 11.8 Å². The van der Waals surface area contributed by atoms with Crippen LogP contribution in [0.15, 0.2) is 28.8 Å². The minimum absolute atomic E-state index is 0.200. The summed E-state index contributed by atoms with van der Waals surface area (Å²) in [6.07, 6.45) is 1.81. The first kappa shape index (κ1) is 22.9. The predicted molar refractivity (Wildman–Crippen MR) is 112 cm³/mol. The molecule has 2 aromatic rings. The number of nitrogens with zero attached hydrogens (tertiary/aromatic N) is 2. The van der Waals surface area contributed by atoms with Gasteiger partial charge in [-0.3, -0.25) is 9.59 Å². The van der Waals surface area contributed by atoms with Crippen molar-refractivity contribution >= 4 is 23.4 Å². The summed E-state index contributed by atoms with van der Waals surface area (Å²) >= 11 is 5.86. The molecular weight excluding hydrogens is 392 g/mol. The summed E-state index contributed by atoms with van der Waals surface area (Å²) in [4.78, 5) is 29.4. The largest absolute Gasteiger partial charge is 0.354 e. The zero-order valence-corrected chi connectivity index (χ0v) is 18.1. The molecule has 0 saturated carbocycles. The van der Waals surface area contributed by atoms with Crippen LogP contribution in [0.5, 0.6) is 0 Å². The molecule has 8 heteroatoms. The number of carbonyl (C=O) groups is 2. The van der Waals surface area contributed by atoms with Gasteiger partial charge < -0.3 is 15.2 Å². The number of nitrogens with one attached hydrogen (secondary N) is 2. The molecule has 158 valence electrons. The molecule has 0 aliphatic heterocycles. The molecule has 2 N–H and O–H groups in total. The van der Waals surface area contributed by atoms with Gasteiger partial charge in [-0.15, -0.1) is 0 Å². The first-order valence-corrected chi connectivity index (χ1v) is 10.3. The highest BCUT2D eigenvalue weighted by atomic mass is 35.5. The fourth-order valence-electron chi connectivity index (χ4n) is 2.72. The van der Waals surface area contributed by atoms with E-state index in [9.17, 15) is 9.59 Å². The van der Waals surface area contributed by atoms with Crippen molar-refractivity contribution in [2.75, 3.05) is 6.54 Å². The maximum atomic E-state index is 12.6. The van der Waals surface area contributed by atoms with Gasteiger partial charge in [0.15, 0.2) is 5.82 Å². The maximum Gasteiger partial charge on any atom is 0.251 e. The Morgan fingerprint density at radius 3 is 2.41 bits per heavy atom. The van der Waals surface area contributed by atoms with Crippen LogP contribution >= 0.6 is 11.6 Å². The van der Waals surface area contributed by atoms with Crippen LogP contribution in [0.3, 0.4) is 0 Å². The Hall–Kier alpha value is -2.41. The van der Waals surface area contributed by atoms with Gasteiger partial charge in [-0.2, -0.15) is 4.98 Å². The van der Waals surface area contributed by atoms with Crippen LogP contribution in [0.1, 0.15) is 68.5 Å². The number of rotatable bonds is 10. The van der Waals surface area contributed by atoms with Crippen LogP contribution in [0.2, 0.25) is 5.02 Å². The average molecular weight is 421 g/mol. The Bertz CT molecular complexity index is 803. The van der Waals surface area contributed by atoms with E-state index in [2.05, 4.69) is 20.8 Å². The van der Waals surface area contributed by atoms with Crippen molar-refractivity contribution in [3.05, 3.63) is 46.6 Å². The molecular formula is C21H29ClN4O3. The molecule has 1 aromatic carbocycles. The van der Waals surface area contributed by atoms with E-state index in [1.807, 2.05) is 27.7 Å². The van der Waals surface area contributed by atoms with E-state index in [4.69, 9.17) is 16.1 Å². The first-order chi connectivity index (χ1) is 13.8. The van der Waals surface area contributed by atoms with E-state index < -0.39 is 6.04 Å². The minimum Gasteiger partial charge on any atom is -0.354 e.